The fourth-order valence-corrected chi connectivity index (χ4v) is 5.49. The van der Waals surface area contributed by atoms with E-state index in [1.807, 2.05) is 6.07 Å². The smallest absolute Gasteiger partial charge is 0.129 e. The van der Waals surface area contributed by atoms with Crippen molar-refractivity contribution in [1.29, 1.82) is 0 Å². The number of rotatable bonds is 5. The highest BCUT2D eigenvalue weighted by Gasteiger charge is 2.47. The third-order valence-corrected chi connectivity index (χ3v) is 7.15. The number of benzene rings is 2. The lowest BCUT2D eigenvalue weighted by Crippen LogP contribution is -2.71. The summed E-state index contributed by atoms with van der Waals surface area (Å²) in [6.45, 7) is 7.09. The van der Waals surface area contributed by atoms with Crippen molar-refractivity contribution in [2.24, 2.45) is 10.6 Å². The lowest BCUT2D eigenvalue weighted by molar-refractivity contribution is -0.0513. The summed E-state index contributed by atoms with van der Waals surface area (Å²) < 4.78 is 0. The number of likely N-dealkylation sites (tertiary alicyclic amines) is 1. The van der Waals surface area contributed by atoms with Crippen molar-refractivity contribution in [2.75, 3.05) is 56.5 Å². The Bertz CT molecular complexity index is 997. The average Bonchev–Trinajstić information content (AvgIpc) is 3.25. The molecule has 0 radical (unpaired) electrons. The zero-order valence-electron chi connectivity index (χ0n) is 16.8. The fourth-order valence-electron chi connectivity index (χ4n) is 5.31. The summed E-state index contributed by atoms with van der Waals surface area (Å²) in [6, 6.07) is 14.5. The Hall–Kier alpha value is -2.28. The number of anilines is 2. The Morgan fingerprint density at radius 1 is 1.13 bits per heavy atom. The van der Waals surface area contributed by atoms with Crippen LogP contribution in [0.4, 0.5) is 11.4 Å². The highest BCUT2D eigenvalue weighted by Crippen LogP contribution is 2.41. The van der Waals surface area contributed by atoms with Crippen molar-refractivity contribution < 1.29 is 4.84 Å². The van der Waals surface area contributed by atoms with Gasteiger partial charge in [0.1, 0.15) is 12.3 Å². The molecule has 0 aliphatic carbocycles. The number of nitrogens with zero attached hydrogens (tertiary/aromatic N) is 2. The largest absolute Gasteiger partial charge is 0.394 e. The van der Waals surface area contributed by atoms with Crippen LogP contribution in [0.15, 0.2) is 47.6 Å². The monoisotopic (exact) mass is 423 g/mol. The minimum Gasteiger partial charge on any atom is -0.394 e. The van der Waals surface area contributed by atoms with Gasteiger partial charge in [-0.1, -0.05) is 35.0 Å². The molecule has 0 aromatic heterocycles. The normalized spacial score (nSPS) is 27.0. The van der Waals surface area contributed by atoms with Crippen LogP contribution >= 0.6 is 11.6 Å². The molecule has 3 N–H and O–H groups in total. The van der Waals surface area contributed by atoms with Crippen molar-refractivity contribution >= 4 is 28.7 Å². The molecular formula is C23H26ClN5O. The van der Waals surface area contributed by atoms with Crippen LogP contribution in [-0.4, -0.2) is 62.5 Å². The third-order valence-electron chi connectivity index (χ3n) is 6.92. The van der Waals surface area contributed by atoms with E-state index in [-0.39, 0.29) is 12.0 Å². The van der Waals surface area contributed by atoms with Crippen LogP contribution in [0.1, 0.15) is 17.0 Å². The van der Waals surface area contributed by atoms with Gasteiger partial charge in [-0.2, -0.15) is 0 Å². The molecule has 0 bridgehead atoms. The molecule has 2 aromatic carbocycles. The summed E-state index contributed by atoms with van der Waals surface area (Å²) in [5.41, 5.74) is 6.16. The Morgan fingerprint density at radius 2 is 2.00 bits per heavy atom. The summed E-state index contributed by atoms with van der Waals surface area (Å²) in [7, 11) is 0. The van der Waals surface area contributed by atoms with Crippen LogP contribution in [0, 0.1) is 5.41 Å². The van der Waals surface area contributed by atoms with Gasteiger partial charge < -0.3 is 20.8 Å². The van der Waals surface area contributed by atoms with Crippen molar-refractivity contribution in [3.8, 4) is 0 Å². The maximum atomic E-state index is 6.30. The van der Waals surface area contributed by atoms with Gasteiger partial charge in [0.15, 0.2) is 0 Å². The first-order valence-electron chi connectivity index (χ1n) is 10.7. The van der Waals surface area contributed by atoms with Crippen LogP contribution in [0.3, 0.4) is 0 Å². The number of oxime groups is 1. The summed E-state index contributed by atoms with van der Waals surface area (Å²) in [5, 5.41) is 16.0. The highest BCUT2D eigenvalue weighted by molar-refractivity contribution is 6.30. The first kappa shape index (κ1) is 18.5. The lowest BCUT2D eigenvalue weighted by Gasteiger charge is -2.56. The first-order valence-corrected chi connectivity index (χ1v) is 11.1. The maximum Gasteiger partial charge on any atom is 0.129 e. The van der Waals surface area contributed by atoms with Crippen LogP contribution < -0.4 is 16.0 Å². The highest BCUT2D eigenvalue weighted by atomic mass is 35.5. The molecule has 4 heterocycles. The van der Waals surface area contributed by atoms with Crippen LogP contribution in [0.5, 0.6) is 0 Å². The number of halogens is 1. The van der Waals surface area contributed by atoms with Gasteiger partial charge in [-0.3, -0.25) is 4.90 Å². The maximum absolute atomic E-state index is 6.30. The SMILES string of the molecule is Clc1ccc2c(c1)C(C1Nc3ccccc3/C1=N\OCCN1CC3(CNC3)C1)CN2. The molecule has 156 valence electrons. The van der Waals surface area contributed by atoms with E-state index >= 15 is 0 Å². The lowest BCUT2D eigenvalue weighted by atomic mass is 9.74. The molecule has 1 spiro atoms. The molecule has 2 saturated heterocycles. The Labute approximate surface area is 181 Å². The van der Waals surface area contributed by atoms with Gasteiger partial charge in [-0.25, -0.2) is 0 Å². The topological polar surface area (TPSA) is 60.9 Å². The second-order valence-corrected chi connectivity index (χ2v) is 9.45. The van der Waals surface area contributed by atoms with Crippen molar-refractivity contribution in [3.63, 3.8) is 0 Å². The van der Waals surface area contributed by atoms with E-state index in [2.05, 4.69) is 62.4 Å². The second kappa shape index (κ2) is 7.15. The minimum atomic E-state index is 0.0583. The number of para-hydroxylation sites is 1. The molecule has 4 aliphatic heterocycles. The Kier molecular flexibility index (Phi) is 4.41. The Morgan fingerprint density at radius 3 is 2.83 bits per heavy atom. The van der Waals surface area contributed by atoms with Gasteiger partial charge in [-0.05, 0) is 29.8 Å². The standard InChI is InChI=1S/C23H26ClN5O/c24-15-5-6-19-17(9-15)18(10-26-19)21-22(16-3-1-2-4-20(16)27-21)28-30-8-7-29-13-23(14-29)11-25-12-23/h1-6,9,18,21,25-27H,7-8,10-14H2/b28-22+. The van der Waals surface area contributed by atoms with Crippen LogP contribution in [0.2, 0.25) is 5.02 Å². The third kappa shape index (κ3) is 3.06. The predicted molar refractivity (Wildman–Crippen MR) is 121 cm³/mol. The van der Waals surface area contributed by atoms with Crippen molar-refractivity contribution in [2.45, 2.75) is 12.0 Å². The van der Waals surface area contributed by atoms with Crippen LogP contribution in [-0.2, 0) is 4.84 Å². The summed E-state index contributed by atoms with van der Waals surface area (Å²) in [4.78, 5) is 8.30. The van der Waals surface area contributed by atoms with E-state index in [1.54, 1.807) is 0 Å². The van der Waals surface area contributed by atoms with Gasteiger partial charge in [0, 0.05) is 72.6 Å². The van der Waals surface area contributed by atoms with E-state index in [0.29, 0.717) is 12.0 Å². The van der Waals surface area contributed by atoms with Crippen LogP contribution in [0.25, 0.3) is 0 Å². The van der Waals surface area contributed by atoms with E-state index in [4.69, 9.17) is 16.4 Å². The van der Waals surface area contributed by atoms with E-state index in [1.165, 1.54) is 18.7 Å². The average molecular weight is 424 g/mol. The predicted octanol–water partition coefficient (Wildman–Crippen LogP) is 2.97. The molecule has 4 aliphatic rings. The zero-order valence-corrected chi connectivity index (χ0v) is 17.6. The molecule has 0 amide bonds. The molecule has 2 fully saturated rings. The van der Waals surface area contributed by atoms with Gasteiger partial charge in [-0.15, -0.1) is 0 Å². The molecular weight excluding hydrogens is 398 g/mol. The van der Waals surface area contributed by atoms with Crippen molar-refractivity contribution in [1.82, 2.24) is 10.2 Å². The molecule has 6 rings (SSSR count). The molecule has 2 atom stereocenters. The molecule has 6 nitrogen and oxygen atoms in total. The second-order valence-electron chi connectivity index (χ2n) is 9.01. The molecule has 2 unspecified atom stereocenters. The van der Waals surface area contributed by atoms with Crippen molar-refractivity contribution in [3.05, 3.63) is 58.6 Å². The number of fused-ring (bicyclic) bond motifs is 2. The number of hydrogen-bond donors (Lipinski definition) is 3. The molecule has 7 heteroatoms. The summed E-state index contributed by atoms with van der Waals surface area (Å²) >= 11 is 6.30. The minimum absolute atomic E-state index is 0.0583. The molecule has 2 aromatic rings. The van der Waals surface area contributed by atoms with E-state index in [0.717, 1.165) is 53.9 Å². The first-order chi connectivity index (χ1) is 14.7. The quantitative estimate of drug-likeness (QED) is 0.510. The Balaban J connectivity index is 1.18. The van der Waals surface area contributed by atoms with E-state index in [9.17, 15) is 0 Å². The zero-order chi connectivity index (χ0) is 20.1. The fraction of sp³-hybridized carbons (Fsp3) is 0.435. The summed E-state index contributed by atoms with van der Waals surface area (Å²) in [5.74, 6) is 0.245. The number of hydrogen-bond acceptors (Lipinski definition) is 6. The number of nitrogens with one attached hydrogen (secondary N) is 3. The summed E-state index contributed by atoms with van der Waals surface area (Å²) in [6.07, 6.45) is 0. The van der Waals surface area contributed by atoms with Gasteiger partial charge >= 0.3 is 0 Å². The van der Waals surface area contributed by atoms with E-state index < -0.39 is 0 Å². The van der Waals surface area contributed by atoms with Gasteiger partial charge in [0.05, 0.1) is 6.04 Å². The molecule has 30 heavy (non-hydrogen) atoms. The molecule has 0 saturated carbocycles. The van der Waals surface area contributed by atoms with Gasteiger partial charge in [0.25, 0.3) is 0 Å². The van der Waals surface area contributed by atoms with Gasteiger partial charge in [0.2, 0.25) is 0 Å².